The Morgan fingerprint density at radius 2 is 2.24 bits per heavy atom. The first-order chi connectivity index (χ1) is 9.87. The molecule has 1 aromatic carbocycles. The van der Waals surface area contributed by atoms with Gasteiger partial charge in [0.25, 0.3) is 10.0 Å². The average molecular weight is 309 g/mol. The number of aryl methyl sites for hydroxylation is 1. The van der Waals surface area contributed by atoms with E-state index in [0.717, 1.165) is 12.1 Å². The maximum absolute atomic E-state index is 13.2. The highest BCUT2D eigenvalue weighted by Crippen LogP contribution is 2.21. The van der Waals surface area contributed by atoms with Gasteiger partial charge in [-0.15, -0.1) is 0 Å². The van der Waals surface area contributed by atoms with Crippen molar-refractivity contribution in [3.63, 3.8) is 0 Å². The van der Waals surface area contributed by atoms with Crippen molar-refractivity contribution in [2.24, 2.45) is 0 Å². The number of nitrogens with one attached hydrogen (secondary N) is 1. The van der Waals surface area contributed by atoms with Crippen LogP contribution in [-0.4, -0.2) is 18.2 Å². The topological polar surface area (TPSA) is 114 Å². The first-order valence-electron chi connectivity index (χ1n) is 5.92. The second kappa shape index (κ2) is 5.41. The summed E-state index contributed by atoms with van der Waals surface area (Å²) in [6.45, 7) is 2.25. The average Bonchev–Trinajstić information content (AvgIpc) is 2.83. The van der Waals surface area contributed by atoms with Gasteiger partial charge >= 0.3 is 0 Å². The highest BCUT2D eigenvalue weighted by atomic mass is 32.2. The van der Waals surface area contributed by atoms with Crippen LogP contribution < -0.4 is 10.5 Å². The Hall–Kier alpha value is -2.60. The SMILES string of the molecule is CCn1cc(S(=O)(=O)Nc2ccc(F)c(C#N)c2)c(N)n1. The Bertz CT molecular complexity index is 823. The Morgan fingerprint density at radius 3 is 2.81 bits per heavy atom. The van der Waals surface area contributed by atoms with Crippen molar-refractivity contribution in [2.75, 3.05) is 10.5 Å². The molecule has 9 heteroatoms. The van der Waals surface area contributed by atoms with Crippen molar-refractivity contribution in [3.8, 4) is 6.07 Å². The summed E-state index contributed by atoms with van der Waals surface area (Å²) in [6.07, 6.45) is 1.30. The first kappa shape index (κ1) is 14.8. The normalized spacial score (nSPS) is 11.1. The van der Waals surface area contributed by atoms with Gasteiger partial charge in [0, 0.05) is 12.7 Å². The van der Waals surface area contributed by atoms with Crippen LogP contribution in [0.1, 0.15) is 12.5 Å². The zero-order chi connectivity index (χ0) is 15.6. The van der Waals surface area contributed by atoms with Crippen molar-refractivity contribution in [1.82, 2.24) is 9.78 Å². The summed E-state index contributed by atoms with van der Waals surface area (Å²) >= 11 is 0. The lowest BCUT2D eigenvalue weighted by atomic mass is 10.2. The first-order valence-corrected chi connectivity index (χ1v) is 7.41. The predicted octanol–water partition coefficient (Wildman–Crippen LogP) is 1.30. The van der Waals surface area contributed by atoms with Gasteiger partial charge in [0.15, 0.2) is 5.82 Å². The summed E-state index contributed by atoms with van der Waals surface area (Å²) < 4.78 is 41.3. The molecule has 0 saturated heterocycles. The van der Waals surface area contributed by atoms with E-state index in [1.165, 1.54) is 16.9 Å². The fourth-order valence-corrected chi connectivity index (χ4v) is 2.80. The molecule has 2 aromatic rings. The molecule has 0 radical (unpaired) electrons. The van der Waals surface area contributed by atoms with Crippen LogP contribution in [0.3, 0.4) is 0 Å². The van der Waals surface area contributed by atoms with E-state index >= 15 is 0 Å². The van der Waals surface area contributed by atoms with Crippen molar-refractivity contribution in [3.05, 3.63) is 35.8 Å². The second-order valence-corrected chi connectivity index (χ2v) is 5.80. The highest BCUT2D eigenvalue weighted by Gasteiger charge is 2.21. The molecule has 0 bridgehead atoms. The van der Waals surface area contributed by atoms with E-state index in [2.05, 4.69) is 9.82 Å². The molecule has 1 heterocycles. The summed E-state index contributed by atoms with van der Waals surface area (Å²) in [5.74, 6) is -0.856. The second-order valence-electron chi connectivity index (χ2n) is 4.15. The molecule has 3 N–H and O–H groups in total. The maximum atomic E-state index is 13.2. The van der Waals surface area contributed by atoms with E-state index in [1.54, 1.807) is 13.0 Å². The standard InChI is InChI=1S/C12H12FN5O2S/c1-2-18-7-11(12(15)16-18)21(19,20)17-9-3-4-10(13)8(5-9)6-14/h3-5,7,17H,2H2,1H3,(H2,15,16). The molecule has 0 amide bonds. The Morgan fingerprint density at radius 1 is 1.52 bits per heavy atom. The molecular weight excluding hydrogens is 297 g/mol. The van der Waals surface area contributed by atoms with Gasteiger partial charge in [-0.1, -0.05) is 0 Å². The molecule has 2 rings (SSSR count). The van der Waals surface area contributed by atoms with Gasteiger partial charge in [0.05, 0.1) is 11.3 Å². The van der Waals surface area contributed by atoms with Gasteiger partial charge in [0.2, 0.25) is 0 Å². The van der Waals surface area contributed by atoms with E-state index in [-0.39, 0.29) is 22.0 Å². The number of nitrogen functional groups attached to an aromatic ring is 1. The van der Waals surface area contributed by atoms with Gasteiger partial charge in [-0.05, 0) is 25.1 Å². The van der Waals surface area contributed by atoms with Gasteiger partial charge in [-0.25, -0.2) is 12.8 Å². The third-order valence-electron chi connectivity index (χ3n) is 2.71. The molecule has 0 aliphatic carbocycles. The fourth-order valence-electron chi connectivity index (χ4n) is 1.67. The molecule has 0 aliphatic heterocycles. The lowest BCUT2D eigenvalue weighted by Gasteiger charge is -2.07. The van der Waals surface area contributed by atoms with Crippen LogP contribution in [0.5, 0.6) is 0 Å². The number of hydrogen-bond acceptors (Lipinski definition) is 5. The Labute approximate surface area is 120 Å². The minimum Gasteiger partial charge on any atom is -0.381 e. The van der Waals surface area contributed by atoms with Crippen LogP contribution >= 0.6 is 0 Å². The quantitative estimate of drug-likeness (QED) is 0.883. The molecule has 0 spiro atoms. The Kier molecular flexibility index (Phi) is 3.82. The minimum absolute atomic E-state index is 0.0663. The van der Waals surface area contributed by atoms with E-state index in [4.69, 9.17) is 11.0 Å². The van der Waals surface area contributed by atoms with E-state index in [1.807, 2.05) is 0 Å². The minimum atomic E-state index is -3.96. The monoisotopic (exact) mass is 309 g/mol. The van der Waals surface area contributed by atoms with Crippen LogP contribution in [0.2, 0.25) is 0 Å². The lowest BCUT2D eigenvalue weighted by Crippen LogP contribution is -2.14. The predicted molar refractivity (Wildman–Crippen MR) is 74.2 cm³/mol. The highest BCUT2D eigenvalue weighted by molar-refractivity contribution is 7.92. The molecule has 0 aliphatic rings. The molecular formula is C12H12FN5O2S. The van der Waals surface area contributed by atoms with Crippen molar-refractivity contribution < 1.29 is 12.8 Å². The van der Waals surface area contributed by atoms with Gasteiger partial charge < -0.3 is 5.73 Å². The molecule has 0 fully saturated rings. The summed E-state index contributed by atoms with van der Waals surface area (Å²) in [5, 5.41) is 12.6. The number of aromatic nitrogens is 2. The van der Waals surface area contributed by atoms with Gasteiger partial charge in [-0.3, -0.25) is 9.40 Å². The summed E-state index contributed by atoms with van der Waals surface area (Å²) in [6, 6.07) is 4.96. The molecule has 0 unspecified atom stereocenters. The molecule has 21 heavy (non-hydrogen) atoms. The maximum Gasteiger partial charge on any atom is 0.267 e. The summed E-state index contributed by atoms with van der Waals surface area (Å²) in [5.41, 5.74) is 5.38. The number of sulfonamides is 1. The van der Waals surface area contributed by atoms with Crippen molar-refractivity contribution in [1.29, 1.82) is 5.26 Å². The molecule has 1 aromatic heterocycles. The van der Waals surface area contributed by atoms with Crippen LogP contribution in [0.25, 0.3) is 0 Å². The number of nitrogens with two attached hydrogens (primary N) is 1. The molecule has 7 nitrogen and oxygen atoms in total. The number of nitrogens with zero attached hydrogens (tertiary/aromatic N) is 3. The molecule has 0 atom stereocenters. The van der Waals surface area contributed by atoms with Crippen LogP contribution in [0.4, 0.5) is 15.9 Å². The van der Waals surface area contributed by atoms with Crippen LogP contribution in [0.15, 0.2) is 29.3 Å². The molecule has 0 saturated carbocycles. The smallest absolute Gasteiger partial charge is 0.267 e. The number of hydrogen-bond donors (Lipinski definition) is 2. The van der Waals surface area contributed by atoms with E-state index < -0.39 is 15.8 Å². The number of rotatable bonds is 4. The van der Waals surface area contributed by atoms with Crippen LogP contribution in [-0.2, 0) is 16.6 Å². The fraction of sp³-hybridized carbons (Fsp3) is 0.167. The number of halogens is 1. The van der Waals surface area contributed by atoms with Crippen molar-refractivity contribution in [2.45, 2.75) is 18.4 Å². The van der Waals surface area contributed by atoms with E-state index in [9.17, 15) is 12.8 Å². The zero-order valence-electron chi connectivity index (χ0n) is 11.0. The van der Waals surface area contributed by atoms with E-state index in [0.29, 0.717) is 6.54 Å². The zero-order valence-corrected chi connectivity index (χ0v) is 11.9. The number of anilines is 2. The van der Waals surface area contributed by atoms with Gasteiger partial charge in [-0.2, -0.15) is 10.4 Å². The number of benzene rings is 1. The van der Waals surface area contributed by atoms with Crippen LogP contribution in [0, 0.1) is 17.1 Å². The summed E-state index contributed by atoms with van der Waals surface area (Å²) in [7, 11) is -3.96. The largest absolute Gasteiger partial charge is 0.381 e. The Balaban J connectivity index is 2.37. The number of nitriles is 1. The third kappa shape index (κ3) is 2.95. The lowest BCUT2D eigenvalue weighted by molar-refractivity contribution is 0.600. The molecule has 110 valence electrons. The third-order valence-corrected chi connectivity index (χ3v) is 4.11. The van der Waals surface area contributed by atoms with Gasteiger partial charge in [0.1, 0.15) is 16.8 Å². The van der Waals surface area contributed by atoms with Crippen molar-refractivity contribution >= 4 is 21.5 Å². The summed E-state index contributed by atoms with van der Waals surface area (Å²) in [4.78, 5) is -0.174.